The lowest BCUT2D eigenvalue weighted by molar-refractivity contribution is 0.0921. The molecule has 1 N–H and O–H groups in total. The lowest BCUT2D eigenvalue weighted by Gasteiger charge is -2.27. The molecule has 0 spiro atoms. The smallest absolute Gasteiger partial charge is 0.332 e. The number of carbonyl (C=O) groups excluding carboxylic acids is 1. The molecule has 24 heavy (non-hydrogen) atoms. The third-order valence-electron chi connectivity index (χ3n) is 4.83. The summed E-state index contributed by atoms with van der Waals surface area (Å²) >= 11 is 0. The fourth-order valence-corrected chi connectivity index (χ4v) is 3.42. The summed E-state index contributed by atoms with van der Waals surface area (Å²) in [6.07, 6.45) is 5.69. The van der Waals surface area contributed by atoms with Gasteiger partial charge in [-0.2, -0.15) is 0 Å². The van der Waals surface area contributed by atoms with Crippen molar-refractivity contribution in [2.45, 2.75) is 38.6 Å². The quantitative estimate of drug-likeness (QED) is 0.888. The molecular weight excluding hydrogens is 308 g/mol. The van der Waals surface area contributed by atoms with Crippen LogP contribution in [0.1, 0.15) is 43.0 Å². The van der Waals surface area contributed by atoms with Crippen LogP contribution in [0, 0.1) is 5.92 Å². The Morgan fingerprint density at radius 1 is 1.25 bits per heavy atom. The molecule has 2 aromatic heterocycles. The molecule has 2 aromatic rings. The summed E-state index contributed by atoms with van der Waals surface area (Å²) in [7, 11) is 2.97. The average Bonchev–Trinajstić information content (AvgIpc) is 2.57. The first kappa shape index (κ1) is 16.4. The molecule has 0 unspecified atom stereocenters. The molecule has 0 aliphatic heterocycles. The van der Waals surface area contributed by atoms with Crippen molar-refractivity contribution < 1.29 is 4.79 Å². The van der Waals surface area contributed by atoms with Gasteiger partial charge < -0.3 is 5.32 Å². The van der Waals surface area contributed by atoms with E-state index in [1.807, 2.05) is 0 Å². The number of pyridine rings is 1. The Labute approximate surface area is 139 Å². The number of carbonyl (C=O) groups is 1. The molecular formula is C17H22N4O3. The Morgan fingerprint density at radius 3 is 2.71 bits per heavy atom. The average molecular weight is 330 g/mol. The van der Waals surface area contributed by atoms with Crippen LogP contribution in [0.5, 0.6) is 0 Å². The van der Waals surface area contributed by atoms with Gasteiger partial charge in [0.05, 0.1) is 10.9 Å². The zero-order chi connectivity index (χ0) is 17.4. The number of fused-ring (bicyclic) bond motifs is 1. The van der Waals surface area contributed by atoms with E-state index in [0.29, 0.717) is 11.5 Å². The Balaban J connectivity index is 1.94. The summed E-state index contributed by atoms with van der Waals surface area (Å²) in [6.45, 7) is 2.19. The fraction of sp³-hybridized carbons (Fsp3) is 0.529. The van der Waals surface area contributed by atoms with Gasteiger partial charge in [0, 0.05) is 26.3 Å². The topological polar surface area (TPSA) is 86.0 Å². The highest BCUT2D eigenvalue weighted by Gasteiger charge is 2.21. The van der Waals surface area contributed by atoms with Gasteiger partial charge in [-0.05, 0) is 24.8 Å². The van der Waals surface area contributed by atoms with Gasteiger partial charge in [0.15, 0.2) is 0 Å². The molecule has 1 saturated carbocycles. The molecule has 1 fully saturated rings. The van der Waals surface area contributed by atoms with Crippen molar-refractivity contribution in [2.75, 3.05) is 0 Å². The molecule has 7 nitrogen and oxygen atoms in total. The highest BCUT2D eigenvalue weighted by Crippen LogP contribution is 2.23. The first-order valence-corrected chi connectivity index (χ1v) is 8.25. The molecule has 2 atom stereocenters. The minimum absolute atomic E-state index is 0.167. The van der Waals surface area contributed by atoms with Crippen molar-refractivity contribution in [2.24, 2.45) is 20.0 Å². The monoisotopic (exact) mass is 330 g/mol. The maximum absolute atomic E-state index is 12.5. The number of aromatic nitrogens is 3. The van der Waals surface area contributed by atoms with Gasteiger partial charge in [-0.25, -0.2) is 9.78 Å². The highest BCUT2D eigenvalue weighted by atomic mass is 16.2. The summed E-state index contributed by atoms with van der Waals surface area (Å²) in [6, 6.07) is 1.69. The van der Waals surface area contributed by atoms with Crippen molar-refractivity contribution in [1.29, 1.82) is 0 Å². The molecule has 0 radical (unpaired) electrons. The second-order valence-electron chi connectivity index (χ2n) is 6.74. The van der Waals surface area contributed by atoms with Crippen LogP contribution in [0.25, 0.3) is 11.0 Å². The van der Waals surface area contributed by atoms with Gasteiger partial charge in [0.25, 0.3) is 11.5 Å². The van der Waals surface area contributed by atoms with Crippen molar-refractivity contribution in [3.63, 3.8) is 0 Å². The number of nitrogens with one attached hydrogen (secondary N) is 1. The van der Waals surface area contributed by atoms with Gasteiger partial charge in [-0.3, -0.25) is 18.7 Å². The Bertz CT molecular complexity index is 912. The molecule has 0 aromatic carbocycles. The minimum atomic E-state index is -0.443. The molecule has 3 rings (SSSR count). The Hall–Kier alpha value is -2.44. The van der Waals surface area contributed by atoms with Crippen molar-refractivity contribution in [1.82, 2.24) is 19.4 Å². The summed E-state index contributed by atoms with van der Waals surface area (Å²) in [5.74, 6) is 0.389. The normalized spacial score (nSPS) is 21.0. The molecule has 1 aliphatic rings. The number of amides is 1. The van der Waals surface area contributed by atoms with Gasteiger partial charge in [0.2, 0.25) is 0 Å². The van der Waals surface area contributed by atoms with Crippen LogP contribution in [0.2, 0.25) is 0 Å². The Morgan fingerprint density at radius 2 is 2.00 bits per heavy atom. The maximum atomic E-state index is 12.5. The van der Waals surface area contributed by atoms with E-state index in [-0.39, 0.29) is 23.0 Å². The molecule has 7 heteroatoms. The van der Waals surface area contributed by atoms with Crippen molar-refractivity contribution in [3.05, 3.63) is 38.7 Å². The second-order valence-corrected chi connectivity index (χ2v) is 6.74. The van der Waals surface area contributed by atoms with E-state index in [4.69, 9.17) is 0 Å². The van der Waals surface area contributed by atoms with E-state index >= 15 is 0 Å². The Kier molecular flexibility index (Phi) is 4.26. The molecule has 1 amide bonds. The van der Waals surface area contributed by atoms with Gasteiger partial charge in [-0.15, -0.1) is 0 Å². The predicted octanol–water partition coefficient (Wildman–Crippen LogP) is 0.941. The molecule has 0 bridgehead atoms. The largest absolute Gasteiger partial charge is 0.349 e. The van der Waals surface area contributed by atoms with E-state index in [1.165, 1.54) is 30.3 Å². The molecule has 0 saturated heterocycles. The summed E-state index contributed by atoms with van der Waals surface area (Å²) in [5, 5.41) is 3.30. The van der Waals surface area contributed by atoms with Crippen LogP contribution in [0.15, 0.2) is 21.9 Å². The molecule has 128 valence electrons. The van der Waals surface area contributed by atoms with Crippen LogP contribution in [-0.4, -0.2) is 26.1 Å². The third kappa shape index (κ3) is 2.86. The van der Waals surface area contributed by atoms with Gasteiger partial charge >= 0.3 is 5.69 Å². The summed E-state index contributed by atoms with van der Waals surface area (Å²) < 4.78 is 2.33. The van der Waals surface area contributed by atoms with Gasteiger partial charge in [0.1, 0.15) is 5.65 Å². The summed E-state index contributed by atoms with van der Waals surface area (Å²) in [5.41, 5.74) is -0.252. The standard InChI is InChI=1S/C17H22N4O3/c1-10-5-4-6-12(7-10)19-15(22)11-8-13-14(18-9-11)20(2)17(24)21(3)16(13)23/h8-10,12H,4-7H2,1-3H3,(H,19,22)/t10-,12+/m1/s1. The number of aryl methyl sites for hydroxylation is 1. The van der Waals surface area contributed by atoms with Gasteiger partial charge in [-0.1, -0.05) is 19.8 Å². The number of rotatable bonds is 2. The van der Waals surface area contributed by atoms with Crippen molar-refractivity contribution >= 4 is 16.9 Å². The number of nitrogens with zero attached hydrogens (tertiary/aromatic N) is 3. The number of hydrogen-bond acceptors (Lipinski definition) is 4. The maximum Gasteiger partial charge on any atom is 0.332 e. The lowest BCUT2D eigenvalue weighted by Crippen LogP contribution is -2.39. The van der Waals surface area contributed by atoms with E-state index in [1.54, 1.807) is 7.05 Å². The SMILES string of the molecule is C[C@@H]1CCC[C@H](NC(=O)c2cnc3c(c2)c(=O)n(C)c(=O)n3C)C1. The van der Waals surface area contributed by atoms with E-state index in [2.05, 4.69) is 17.2 Å². The van der Waals surface area contributed by atoms with Crippen molar-refractivity contribution in [3.8, 4) is 0 Å². The highest BCUT2D eigenvalue weighted by molar-refractivity contribution is 5.96. The predicted molar refractivity (Wildman–Crippen MR) is 91.1 cm³/mol. The van der Waals surface area contributed by atoms with Crippen LogP contribution >= 0.6 is 0 Å². The van der Waals surface area contributed by atoms with E-state index in [9.17, 15) is 14.4 Å². The molecule has 2 heterocycles. The van der Waals surface area contributed by atoms with Crippen LogP contribution in [0.4, 0.5) is 0 Å². The zero-order valence-corrected chi connectivity index (χ0v) is 14.2. The van der Waals surface area contributed by atoms with Crippen LogP contribution in [-0.2, 0) is 14.1 Å². The summed E-state index contributed by atoms with van der Waals surface area (Å²) in [4.78, 5) is 40.9. The number of hydrogen-bond donors (Lipinski definition) is 1. The first-order valence-electron chi connectivity index (χ1n) is 8.25. The second kappa shape index (κ2) is 6.22. The first-order chi connectivity index (χ1) is 11.4. The van der Waals surface area contributed by atoms with E-state index in [0.717, 1.165) is 23.8 Å². The zero-order valence-electron chi connectivity index (χ0n) is 14.2. The van der Waals surface area contributed by atoms with E-state index < -0.39 is 11.2 Å². The lowest BCUT2D eigenvalue weighted by atomic mass is 9.87. The molecule has 1 aliphatic carbocycles. The minimum Gasteiger partial charge on any atom is -0.349 e. The van der Waals surface area contributed by atoms with Crippen LogP contribution in [0.3, 0.4) is 0 Å². The third-order valence-corrected chi connectivity index (χ3v) is 4.83. The fourth-order valence-electron chi connectivity index (χ4n) is 3.42. The van der Waals surface area contributed by atoms with Crippen LogP contribution < -0.4 is 16.6 Å².